The Hall–Kier alpha value is -2.33. The first kappa shape index (κ1) is 16.5. The van der Waals surface area contributed by atoms with Gasteiger partial charge in [0.25, 0.3) is 5.91 Å². The number of hydrogen-bond acceptors (Lipinski definition) is 2. The third-order valence-electron chi connectivity index (χ3n) is 4.25. The molecule has 2 N–H and O–H groups in total. The molecule has 1 amide bonds. The Balaban J connectivity index is 1.82. The van der Waals surface area contributed by atoms with Crippen molar-refractivity contribution in [2.45, 2.75) is 13.8 Å². The van der Waals surface area contributed by atoms with Crippen molar-refractivity contribution in [2.24, 2.45) is 5.41 Å². The van der Waals surface area contributed by atoms with Gasteiger partial charge in [-0.25, -0.2) is 0 Å². The summed E-state index contributed by atoms with van der Waals surface area (Å²) >= 11 is 0. The van der Waals surface area contributed by atoms with Crippen molar-refractivity contribution in [3.05, 3.63) is 48.2 Å². The van der Waals surface area contributed by atoms with Crippen molar-refractivity contribution in [2.75, 3.05) is 27.2 Å². The highest BCUT2D eigenvalue weighted by Crippen LogP contribution is 2.26. The average molecular weight is 323 g/mol. The number of carbonyl (C=O) groups excluding carboxylic acids is 1. The van der Waals surface area contributed by atoms with Gasteiger partial charge in [0.15, 0.2) is 0 Å². The second kappa shape index (κ2) is 6.29. The molecule has 0 atom stereocenters. The Labute approximate surface area is 142 Å². The maximum Gasteiger partial charge on any atom is 0.267 e. The normalized spacial score (nSPS) is 12.2. The summed E-state index contributed by atoms with van der Waals surface area (Å²) in [6.45, 7) is 5.88. The van der Waals surface area contributed by atoms with E-state index in [9.17, 15) is 4.79 Å². The Morgan fingerprint density at radius 3 is 2.62 bits per heavy atom. The van der Waals surface area contributed by atoms with Crippen LogP contribution < -0.4 is 5.32 Å². The lowest BCUT2D eigenvalue weighted by molar-refractivity contribution is 0.0925. The van der Waals surface area contributed by atoms with Gasteiger partial charge in [-0.3, -0.25) is 4.79 Å². The molecule has 0 saturated heterocycles. The fourth-order valence-corrected chi connectivity index (χ4v) is 3.33. The SMILES string of the molecule is CN(C)CC(C)(C)CNC(=O)c1cc2c(ccc3ccccc32)[nH]1. The van der Waals surface area contributed by atoms with Crippen LogP contribution in [0.4, 0.5) is 0 Å². The Kier molecular flexibility index (Phi) is 4.33. The van der Waals surface area contributed by atoms with Crippen LogP contribution in [-0.2, 0) is 0 Å². The van der Waals surface area contributed by atoms with Gasteiger partial charge in [-0.15, -0.1) is 0 Å². The first-order valence-electron chi connectivity index (χ1n) is 8.29. The van der Waals surface area contributed by atoms with Gasteiger partial charge in [0.2, 0.25) is 0 Å². The van der Waals surface area contributed by atoms with E-state index in [1.807, 2.05) is 38.4 Å². The van der Waals surface area contributed by atoms with Crippen molar-refractivity contribution in [3.63, 3.8) is 0 Å². The summed E-state index contributed by atoms with van der Waals surface area (Å²) in [5.41, 5.74) is 1.63. The number of benzene rings is 2. The zero-order chi connectivity index (χ0) is 17.3. The standard InChI is InChI=1S/C20H25N3O/c1-20(2,13-23(3)4)12-21-19(24)18-11-16-15-8-6-5-7-14(15)9-10-17(16)22-18/h5-11,22H,12-13H2,1-4H3,(H,21,24). The van der Waals surface area contributed by atoms with E-state index in [1.165, 1.54) is 10.8 Å². The van der Waals surface area contributed by atoms with Crippen LogP contribution in [-0.4, -0.2) is 43.0 Å². The molecule has 1 heterocycles. The van der Waals surface area contributed by atoms with Gasteiger partial charge >= 0.3 is 0 Å². The number of H-pyrrole nitrogens is 1. The summed E-state index contributed by atoms with van der Waals surface area (Å²) in [5, 5.41) is 6.49. The van der Waals surface area contributed by atoms with Gasteiger partial charge in [-0.1, -0.05) is 44.2 Å². The van der Waals surface area contributed by atoms with Crippen LogP contribution in [0.5, 0.6) is 0 Å². The Morgan fingerprint density at radius 2 is 1.88 bits per heavy atom. The van der Waals surface area contributed by atoms with Crippen molar-refractivity contribution < 1.29 is 4.79 Å². The molecule has 4 heteroatoms. The summed E-state index contributed by atoms with van der Waals surface area (Å²) < 4.78 is 0. The number of fused-ring (bicyclic) bond motifs is 3. The van der Waals surface area contributed by atoms with Crippen LogP contribution in [0, 0.1) is 5.41 Å². The number of aromatic amines is 1. The number of nitrogens with one attached hydrogen (secondary N) is 2. The lowest BCUT2D eigenvalue weighted by Gasteiger charge is -2.28. The van der Waals surface area contributed by atoms with E-state index >= 15 is 0 Å². The summed E-state index contributed by atoms with van der Waals surface area (Å²) in [6.07, 6.45) is 0. The molecule has 0 bridgehead atoms. The van der Waals surface area contributed by atoms with Crippen LogP contribution in [0.3, 0.4) is 0 Å². The first-order chi connectivity index (χ1) is 11.4. The minimum absolute atomic E-state index is 0.0257. The number of nitrogens with zero attached hydrogens (tertiary/aromatic N) is 1. The lowest BCUT2D eigenvalue weighted by atomic mass is 9.93. The second-order valence-corrected chi connectivity index (χ2v) is 7.52. The van der Waals surface area contributed by atoms with Crippen LogP contribution in [0.2, 0.25) is 0 Å². The summed E-state index contributed by atoms with van der Waals surface area (Å²) in [7, 11) is 4.10. The smallest absolute Gasteiger partial charge is 0.267 e. The molecule has 0 aliphatic rings. The van der Waals surface area contributed by atoms with Gasteiger partial charge in [0, 0.05) is 24.0 Å². The highest BCUT2D eigenvalue weighted by atomic mass is 16.1. The van der Waals surface area contributed by atoms with E-state index in [0.29, 0.717) is 12.2 Å². The highest BCUT2D eigenvalue weighted by molar-refractivity contribution is 6.09. The fraction of sp³-hybridized carbons (Fsp3) is 0.350. The molecule has 126 valence electrons. The molecule has 3 aromatic rings. The van der Waals surface area contributed by atoms with Crippen molar-refractivity contribution in [1.82, 2.24) is 15.2 Å². The molecule has 0 fully saturated rings. The molecule has 0 radical (unpaired) electrons. The highest BCUT2D eigenvalue weighted by Gasteiger charge is 2.20. The minimum atomic E-state index is -0.0536. The molecular weight excluding hydrogens is 298 g/mol. The summed E-state index contributed by atoms with van der Waals surface area (Å²) in [5.74, 6) is -0.0536. The van der Waals surface area contributed by atoms with E-state index in [-0.39, 0.29) is 11.3 Å². The number of hydrogen-bond donors (Lipinski definition) is 2. The molecule has 0 aliphatic heterocycles. The van der Waals surface area contributed by atoms with Crippen LogP contribution in [0.25, 0.3) is 21.7 Å². The molecule has 0 aliphatic carbocycles. The molecule has 4 nitrogen and oxygen atoms in total. The Bertz CT molecular complexity index is 877. The summed E-state index contributed by atoms with van der Waals surface area (Å²) in [4.78, 5) is 17.9. The zero-order valence-electron chi connectivity index (χ0n) is 14.8. The van der Waals surface area contributed by atoms with E-state index < -0.39 is 0 Å². The lowest BCUT2D eigenvalue weighted by Crippen LogP contribution is -2.40. The molecule has 0 saturated carbocycles. The van der Waals surface area contributed by atoms with Crippen molar-refractivity contribution >= 4 is 27.6 Å². The van der Waals surface area contributed by atoms with Gasteiger partial charge < -0.3 is 15.2 Å². The summed E-state index contributed by atoms with van der Waals surface area (Å²) in [6, 6.07) is 14.3. The second-order valence-electron chi connectivity index (χ2n) is 7.52. The fourth-order valence-electron chi connectivity index (χ4n) is 3.33. The van der Waals surface area contributed by atoms with Crippen LogP contribution >= 0.6 is 0 Å². The molecule has 0 unspecified atom stereocenters. The predicted octanol–water partition coefficient (Wildman–Crippen LogP) is 3.64. The van der Waals surface area contributed by atoms with Crippen LogP contribution in [0.1, 0.15) is 24.3 Å². The maximum absolute atomic E-state index is 12.5. The van der Waals surface area contributed by atoms with E-state index in [2.05, 4.69) is 47.2 Å². The molecule has 2 aromatic carbocycles. The van der Waals surface area contributed by atoms with E-state index in [4.69, 9.17) is 0 Å². The number of rotatable bonds is 5. The third-order valence-corrected chi connectivity index (χ3v) is 4.25. The number of amides is 1. The minimum Gasteiger partial charge on any atom is -0.351 e. The van der Waals surface area contributed by atoms with Gasteiger partial charge in [0.05, 0.1) is 0 Å². The van der Waals surface area contributed by atoms with Gasteiger partial charge in [-0.05, 0) is 42.4 Å². The molecule has 24 heavy (non-hydrogen) atoms. The van der Waals surface area contributed by atoms with E-state index in [1.54, 1.807) is 0 Å². The monoisotopic (exact) mass is 323 g/mol. The zero-order valence-corrected chi connectivity index (χ0v) is 14.8. The number of aromatic nitrogens is 1. The maximum atomic E-state index is 12.5. The largest absolute Gasteiger partial charge is 0.351 e. The molecule has 3 rings (SSSR count). The van der Waals surface area contributed by atoms with Crippen LogP contribution in [0.15, 0.2) is 42.5 Å². The topological polar surface area (TPSA) is 48.1 Å². The number of carbonyl (C=O) groups is 1. The molecule has 0 spiro atoms. The average Bonchev–Trinajstić information content (AvgIpc) is 2.96. The predicted molar refractivity (Wildman–Crippen MR) is 100 cm³/mol. The Morgan fingerprint density at radius 1 is 1.12 bits per heavy atom. The molecular formula is C20H25N3O. The van der Waals surface area contributed by atoms with Gasteiger partial charge in [-0.2, -0.15) is 0 Å². The van der Waals surface area contributed by atoms with Crippen molar-refractivity contribution in [3.8, 4) is 0 Å². The van der Waals surface area contributed by atoms with Gasteiger partial charge in [0.1, 0.15) is 5.69 Å². The first-order valence-corrected chi connectivity index (χ1v) is 8.29. The third kappa shape index (κ3) is 3.44. The quantitative estimate of drug-likeness (QED) is 0.753. The van der Waals surface area contributed by atoms with Crippen molar-refractivity contribution in [1.29, 1.82) is 0 Å². The van der Waals surface area contributed by atoms with E-state index in [0.717, 1.165) is 17.4 Å². The molecule has 1 aromatic heterocycles.